The van der Waals surface area contributed by atoms with Crippen molar-refractivity contribution >= 4 is 81.9 Å². The fourth-order valence-electron chi connectivity index (χ4n) is 7.09. The van der Waals surface area contributed by atoms with Gasteiger partial charge in [-0.1, -0.05) is 4.52 Å². The van der Waals surface area contributed by atoms with Gasteiger partial charge in [-0.2, -0.15) is 0 Å². The van der Waals surface area contributed by atoms with Gasteiger partial charge in [0.1, 0.15) is 18.1 Å². The van der Waals surface area contributed by atoms with Crippen molar-refractivity contribution in [3.8, 4) is 0 Å². The first-order valence-corrected chi connectivity index (χ1v) is 27.9. The number of aromatic nitrogens is 4. The van der Waals surface area contributed by atoms with Crippen LogP contribution in [-0.4, -0.2) is 186 Å². The number of hydrogen-bond acceptors (Lipinski definition) is 20. The number of H-pyrrole nitrogens is 2. The molecule has 2 aromatic rings. The molecular formula is C45H74N15O19P2+. The van der Waals surface area contributed by atoms with Crippen LogP contribution in [0.5, 0.6) is 0 Å². The van der Waals surface area contributed by atoms with E-state index in [-0.39, 0.29) is 109 Å². The van der Waals surface area contributed by atoms with Gasteiger partial charge in [0.05, 0.1) is 32.3 Å². The number of primary amides is 1. The van der Waals surface area contributed by atoms with Crippen LogP contribution in [-0.2, 0) is 79.2 Å². The number of nitrogens with one attached hydrogen (secondary N) is 12. The molecule has 81 heavy (non-hydrogen) atoms. The zero-order valence-corrected chi connectivity index (χ0v) is 46.1. The maximum Gasteiger partial charge on any atom is 0.700 e. The van der Waals surface area contributed by atoms with E-state index in [0.29, 0.717) is 25.9 Å². The Balaban J connectivity index is 1.94. The summed E-state index contributed by atoms with van der Waals surface area (Å²) >= 11 is 0. The molecule has 0 aliphatic rings. The fraction of sp³-hybridized carbons (Fsp3) is 0.622. The SMILES string of the molecule is NC(=O)C(CCCCNC(=O)CNC(=O)CCC(=O)NCCc1cnc[nH]1)NC(=O)C(CCC(=O)O)NC(=O)C(CCCCNC(=O)CNC(=O)CCC(=O)NCCc1cnc[nH]1)NC(=O)CNCCCC(O)(OP(O)O)O[P+](=O)O. The van der Waals surface area contributed by atoms with Crippen molar-refractivity contribution < 1.29 is 91.2 Å². The zero-order chi connectivity index (χ0) is 60.0. The molecule has 0 bridgehead atoms. The Bertz CT molecular complexity index is 2340. The summed E-state index contributed by atoms with van der Waals surface area (Å²) in [5, 5.41) is 45.0. The first kappa shape index (κ1) is 69.9. The summed E-state index contributed by atoms with van der Waals surface area (Å²) in [6, 6.07) is -4.31. The number of aliphatic hydroxyl groups is 1. The highest BCUT2D eigenvalue weighted by molar-refractivity contribution is 7.39. The van der Waals surface area contributed by atoms with Gasteiger partial charge in [0.15, 0.2) is 0 Å². The monoisotopic (exact) mass is 1190 g/mol. The third-order valence-corrected chi connectivity index (χ3v) is 12.1. The number of nitrogens with two attached hydrogens (primary N) is 1. The van der Waals surface area contributed by atoms with Crippen molar-refractivity contribution in [3.63, 3.8) is 0 Å². The number of unbranched alkanes of at least 4 members (excludes halogenated alkanes) is 2. The molecule has 452 valence electrons. The first-order chi connectivity index (χ1) is 38.5. The van der Waals surface area contributed by atoms with E-state index >= 15 is 0 Å². The summed E-state index contributed by atoms with van der Waals surface area (Å²) in [5.74, 6) is -10.8. The first-order valence-electron chi connectivity index (χ1n) is 25.6. The highest BCUT2D eigenvalue weighted by atomic mass is 31.2. The van der Waals surface area contributed by atoms with Gasteiger partial charge in [-0.25, -0.2) is 9.97 Å². The van der Waals surface area contributed by atoms with Crippen LogP contribution in [0.1, 0.15) is 101 Å². The van der Waals surface area contributed by atoms with Gasteiger partial charge in [-0.05, 0) is 57.9 Å². The molecule has 2 heterocycles. The van der Waals surface area contributed by atoms with Crippen LogP contribution >= 0.6 is 16.9 Å². The molecule has 0 saturated carbocycles. The zero-order valence-electron chi connectivity index (χ0n) is 44.3. The average Bonchev–Trinajstić information content (AvgIpc) is 4.14. The summed E-state index contributed by atoms with van der Waals surface area (Å²) in [4.78, 5) is 179. The summed E-state index contributed by atoms with van der Waals surface area (Å²) in [6.07, 6.45) is 5.62. The highest BCUT2D eigenvalue weighted by Gasteiger charge is 2.42. The quantitative estimate of drug-likeness (QED) is 0.0168. The van der Waals surface area contributed by atoms with E-state index in [1.54, 1.807) is 12.4 Å². The van der Waals surface area contributed by atoms with Gasteiger partial charge in [0.2, 0.25) is 59.1 Å². The minimum atomic E-state index is -3.45. The van der Waals surface area contributed by atoms with E-state index in [1.165, 1.54) is 12.7 Å². The summed E-state index contributed by atoms with van der Waals surface area (Å²) < 4.78 is 19.8. The van der Waals surface area contributed by atoms with Gasteiger partial charge in [0, 0.05) is 106 Å². The number of nitrogens with zero attached hydrogens (tertiary/aromatic N) is 2. The lowest BCUT2D eigenvalue weighted by molar-refractivity contribution is -0.279. The van der Waals surface area contributed by atoms with Crippen LogP contribution in [0.25, 0.3) is 0 Å². The van der Waals surface area contributed by atoms with E-state index in [9.17, 15) is 67.5 Å². The topological polar surface area (TPSA) is 528 Å². The molecule has 0 saturated heterocycles. The molecule has 36 heteroatoms. The van der Waals surface area contributed by atoms with Crippen LogP contribution < -0.4 is 58.9 Å². The number of aromatic amines is 2. The molecule has 5 atom stereocenters. The molecule has 0 aliphatic heterocycles. The van der Waals surface area contributed by atoms with E-state index in [1.807, 2.05) is 0 Å². The van der Waals surface area contributed by atoms with E-state index in [4.69, 9.17) is 20.4 Å². The Hall–Kier alpha value is -7.16. The normalized spacial score (nSPS) is 13.0. The molecule has 0 spiro atoms. The van der Waals surface area contributed by atoms with Crippen molar-refractivity contribution in [3.05, 3.63) is 36.4 Å². The third kappa shape index (κ3) is 34.6. The molecule has 0 aliphatic carbocycles. The third-order valence-electron chi connectivity index (χ3n) is 11.2. The summed E-state index contributed by atoms with van der Waals surface area (Å²) in [5.41, 5.74) is 7.22. The van der Waals surface area contributed by atoms with E-state index in [0.717, 1.165) is 11.4 Å². The molecule has 2 rings (SSSR count). The predicted molar refractivity (Wildman–Crippen MR) is 281 cm³/mol. The lowest BCUT2D eigenvalue weighted by Gasteiger charge is -2.25. The molecule has 10 amide bonds. The minimum Gasteiger partial charge on any atom is -0.481 e. The average molecular weight is 1190 g/mol. The highest BCUT2D eigenvalue weighted by Crippen LogP contribution is 2.38. The Morgan fingerprint density at radius 1 is 0.580 bits per heavy atom. The molecule has 5 unspecified atom stereocenters. The van der Waals surface area contributed by atoms with E-state index in [2.05, 4.69) is 82.2 Å². The van der Waals surface area contributed by atoms with Gasteiger partial charge in [-0.15, -0.1) is 4.89 Å². The number of carbonyl (C=O) groups excluding carboxylic acids is 10. The lowest BCUT2D eigenvalue weighted by atomic mass is 10.0. The molecule has 0 fully saturated rings. The number of amides is 10. The second-order valence-corrected chi connectivity index (χ2v) is 19.2. The molecule has 0 aromatic carbocycles. The second-order valence-electron chi connectivity index (χ2n) is 17.8. The Morgan fingerprint density at radius 2 is 1.04 bits per heavy atom. The molecule has 0 radical (unpaired) electrons. The Morgan fingerprint density at radius 3 is 1.48 bits per heavy atom. The number of rotatable bonds is 45. The van der Waals surface area contributed by atoms with Crippen molar-refractivity contribution in [1.29, 1.82) is 0 Å². The van der Waals surface area contributed by atoms with Crippen molar-refractivity contribution in [1.82, 2.24) is 73.1 Å². The lowest BCUT2D eigenvalue weighted by Crippen LogP contribution is -2.57. The number of imidazole rings is 2. The van der Waals surface area contributed by atoms with Gasteiger partial charge in [-0.3, -0.25) is 57.3 Å². The van der Waals surface area contributed by atoms with Crippen LogP contribution in [0.3, 0.4) is 0 Å². The largest absolute Gasteiger partial charge is 0.700 e. The number of hydrogen-bond donors (Lipinski definition) is 18. The van der Waals surface area contributed by atoms with Gasteiger partial charge >= 0.3 is 28.8 Å². The molecule has 34 nitrogen and oxygen atoms in total. The van der Waals surface area contributed by atoms with Crippen molar-refractivity contribution in [2.75, 3.05) is 52.4 Å². The predicted octanol–water partition coefficient (Wildman–Crippen LogP) is -4.77. The Labute approximate surface area is 466 Å². The van der Waals surface area contributed by atoms with Gasteiger partial charge in [0.25, 0.3) is 0 Å². The number of aliphatic carboxylic acids is 1. The van der Waals surface area contributed by atoms with Crippen molar-refractivity contribution in [2.24, 2.45) is 5.73 Å². The summed E-state index contributed by atoms with van der Waals surface area (Å²) in [7, 11) is -6.67. The maximum atomic E-state index is 13.8. The fourth-order valence-corrected chi connectivity index (χ4v) is 7.90. The Kier molecular flexibility index (Phi) is 34.6. The summed E-state index contributed by atoms with van der Waals surface area (Å²) in [6.45, 7) is -0.569. The molecule has 19 N–H and O–H groups in total. The maximum absolute atomic E-state index is 13.8. The van der Waals surface area contributed by atoms with E-state index < -0.39 is 127 Å². The number of carbonyl (C=O) groups is 11. The van der Waals surface area contributed by atoms with Crippen LogP contribution in [0.15, 0.2) is 25.0 Å². The van der Waals surface area contributed by atoms with Crippen LogP contribution in [0, 0.1) is 0 Å². The smallest absolute Gasteiger partial charge is 0.481 e. The molecule has 2 aromatic heterocycles. The standard InChI is InChI=1S/C45H73N15O19P2/c46-42(70)31(6-1-3-18-50-38(65)25-54-36(63)11-9-34(61)52-20-14-29-22-48-27-56-29)59-44(72)33(8-13-41(68)69)60-43(71)32(58-40(67)24-47-17-5-16-45(73,78-80(74)75)79-81(76)77)7-2-4-19-51-39(66)26-55-37(64)12-10-35(62)53-21-15-30-23-49-28-57-30/h22-23,27-28,31-33,47,73-75H,1-21,24-26H2,(H14-,46,48,49,50,51,52,53,54,55,56,57,58,59,60,61,62,63,64,65,66,67,68,69,70,71,72,76,77)/p+1. The number of carboxylic acid groups (broad SMARTS) is 1. The van der Waals surface area contributed by atoms with Crippen LogP contribution in [0.2, 0.25) is 0 Å². The minimum absolute atomic E-state index is 0.0382. The van der Waals surface area contributed by atoms with Crippen LogP contribution in [0.4, 0.5) is 0 Å². The van der Waals surface area contributed by atoms with Gasteiger partial charge < -0.3 is 88.9 Å². The number of carboxylic acids is 1. The second kappa shape index (κ2) is 40.1. The van der Waals surface area contributed by atoms with Crippen molar-refractivity contribution in [2.45, 2.75) is 127 Å². The molecular weight excluding hydrogens is 1120 g/mol.